The molecule has 4 aromatic rings. The number of rotatable bonds is 6. The molecule has 182 valence electrons. The van der Waals surface area contributed by atoms with Crippen LogP contribution >= 0.6 is 0 Å². The second kappa shape index (κ2) is 8.68. The minimum atomic E-state index is 0.0319. The molecule has 8 nitrogen and oxygen atoms in total. The zero-order valence-electron chi connectivity index (χ0n) is 20.6. The Morgan fingerprint density at radius 2 is 2.09 bits per heavy atom. The number of amides is 1. The summed E-state index contributed by atoms with van der Waals surface area (Å²) in [6.07, 6.45) is 6.47. The van der Waals surface area contributed by atoms with Gasteiger partial charge in [-0.3, -0.25) is 4.79 Å². The number of pyridine rings is 1. The Balaban J connectivity index is 1.45. The number of aromatic nitrogens is 4. The molecule has 1 N–H and O–H groups in total. The summed E-state index contributed by atoms with van der Waals surface area (Å²) in [5, 5.41) is 4.43. The Bertz CT molecular complexity index is 1420. The number of aryl methyl sites for hydroxylation is 1. The van der Waals surface area contributed by atoms with E-state index in [4.69, 9.17) is 9.72 Å². The van der Waals surface area contributed by atoms with E-state index in [1.807, 2.05) is 43.4 Å². The van der Waals surface area contributed by atoms with Crippen LogP contribution in [0.4, 0.5) is 0 Å². The molecule has 8 heteroatoms. The Morgan fingerprint density at radius 3 is 2.86 bits per heavy atom. The number of benzene rings is 1. The number of carbonyl (C=O) groups excluding carboxylic acids is 1. The summed E-state index contributed by atoms with van der Waals surface area (Å²) in [6, 6.07) is 10.4. The summed E-state index contributed by atoms with van der Waals surface area (Å²) < 4.78 is 10.2. The minimum absolute atomic E-state index is 0.0319. The standard InChI is InChI=1S/C27H32N6O2/c1-28-20-7-5-11-32(16-20)27(34)19-12-21-24(23(14-19)35-3)31(2)26(30-21)22-13-18-6-4-10-29-25(18)33(22)15-17-8-9-17/h4,6,10,12-14,17,20,28H,5,7-9,11,15-16H2,1-3H3/t20-/m1/s1. The van der Waals surface area contributed by atoms with Crippen LogP contribution in [0.1, 0.15) is 36.0 Å². The lowest BCUT2D eigenvalue weighted by Gasteiger charge is -2.32. The van der Waals surface area contributed by atoms with E-state index < -0.39 is 0 Å². The van der Waals surface area contributed by atoms with Crippen molar-refractivity contribution in [1.82, 2.24) is 29.3 Å². The molecule has 1 saturated carbocycles. The second-order valence-corrected chi connectivity index (χ2v) is 9.92. The minimum Gasteiger partial charge on any atom is -0.494 e. The van der Waals surface area contributed by atoms with Crippen molar-refractivity contribution in [3.63, 3.8) is 0 Å². The molecular weight excluding hydrogens is 440 g/mol. The number of likely N-dealkylation sites (N-methyl/N-ethyl adjacent to an activating group) is 1. The predicted molar refractivity (Wildman–Crippen MR) is 137 cm³/mol. The Hall–Kier alpha value is -3.39. The quantitative estimate of drug-likeness (QED) is 0.462. The van der Waals surface area contributed by atoms with Gasteiger partial charge >= 0.3 is 0 Å². The monoisotopic (exact) mass is 472 g/mol. The Labute approximate surface area is 204 Å². The third-order valence-corrected chi connectivity index (χ3v) is 7.54. The van der Waals surface area contributed by atoms with Gasteiger partial charge in [0.2, 0.25) is 0 Å². The van der Waals surface area contributed by atoms with Crippen molar-refractivity contribution < 1.29 is 9.53 Å². The zero-order valence-corrected chi connectivity index (χ0v) is 20.6. The van der Waals surface area contributed by atoms with Crippen LogP contribution < -0.4 is 10.1 Å². The van der Waals surface area contributed by atoms with Gasteiger partial charge in [0.15, 0.2) is 5.82 Å². The number of hydrogen-bond acceptors (Lipinski definition) is 5. The van der Waals surface area contributed by atoms with Crippen molar-refractivity contribution in [3.8, 4) is 17.3 Å². The molecule has 2 fully saturated rings. The van der Waals surface area contributed by atoms with Crippen molar-refractivity contribution in [2.75, 3.05) is 27.2 Å². The highest BCUT2D eigenvalue weighted by Gasteiger charge is 2.28. The number of ether oxygens (including phenoxy) is 1. The van der Waals surface area contributed by atoms with Gasteiger partial charge in [-0.1, -0.05) is 0 Å². The molecule has 4 heterocycles. The fourth-order valence-electron chi connectivity index (χ4n) is 5.41. The molecular formula is C27H32N6O2. The summed E-state index contributed by atoms with van der Waals surface area (Å²) >= 11 is 0. The van der Waals surface area contributed by atoms with E-state index in [1.165, 1.54) is 12.8 Å². The topological polar surface area (TPSA) is 77.2 Å². The fourth-order valence-corrected chi connectivity index (χ4v) is 5.41. The number of imidazole rings is 1. The van der Waals surface area contributed by atoms with Gasteiger partial charge in [0.1, 0.15) is 16.9 Å². The lowest BCUT2D eigenvalue weighted by molar-refractivity contribution is 0.0698. The lowest BCUT2D eigenvalue weighted by Crippen LogP contribution is -2.46. The molecule has 35 heavy (non-hydrogen) atoms. The first-order valence-corrected chi connectivity index (χ1v) is 12.5. The summed E-state index contributed by atoms with van der Waals surface area (Å²) in [5.74, 6) is 2.25. The third kappa shape index (κ3) is 3.86. The number of fused-ring (bicyclic) bond motifs is 2. The lowest BCUT2D eigenvalue weighted by atomic mass is 10.0. The Kier molecular flexibility index (Phi) is 5.48. The number of piperidine rings is 1. The van der Waals surface area contributed by atoms with Crippen LogP contribution in [0.5, 0.6) is 5.75 Å². The first-order valence-electron chi connectivity index (χ1n) is 12.5. The largest absolute Gasteiger partial charge is 0.494 e. The molecule has 1 aliphatic carbocycles. The van der Waals surface area contributed by atoms with Gasteiger partial charge in [-0.25, -0.2) is 9.97 Å². The van der Waals surface area contributed by atoms with Crippen molar-refractivity contribution in [2.45, 2.75) is 38.3 Å². The van der Waals surface area contributed by atoms with Crippen LogP contribution in [0, 0.1) is 5.92 Å². The van der Waals surface area contributed by atoms with Gasteiger partial charge in [0, 0.05) is 49.9 Å². The maximum Gasteiger partial charge on any atom is 0.254 e. The molecule has 1 amide bonds. The summed E-state index contributed by atoms with van der Waals surface area (Å²) in [5.41, 5.74) is 4.32. The maximum absolute atomic E-state index is 13.4. The zero-order chi connectivity index (χ0) is 24.1. The number of nitrogens with zero attached hydrogens (tertiary/aromatic N) is 5. The number of hydrogen-bond donors (Lipinski definition) is 1. The van der Waals surface area contributed by atoms with Crippen LogP contribution in [0.2, 0.25) is 0 Å². The van der Waals surface area contributed by atoms with Crippen LogP contribution in [0.25, 0.3) is 33.6 Å². The third-order valence-electron chi connectivity index (χ3n) is 7.54. The van der Waals surface area contributed by atoms with Crippen molar-refractivity contribution in [3.05, 3.63) is 42.1 Å². The molecule has 1 aliphatic heterocycles. The van der Waals surface area contributed by atoms with E-state index in [9.17, 15) is 4.79 Å². The van der Waals surface area contributed by atoms with Gasteiger partial charge in [0.05, 0.1) is 18.3 Å². The van der Waals surface area contributed by atoms with E-state index in [2.05, 4.69) is 31.6 Å². The molecule has 1 aromatic carbocycles. The van der Waals surface area contributed by atoms with Crippen LogP contribution in [0.3, 0.4) is 0 Å². The average Bonchev–Trinajstić information content (AvgIpc) is 3.56. The molecule has 0 spiro atoms. The highest BCUT2D eigenvalue weighted by atomic mass is 16.5. The van der Waals surface area contributed by atoms with Gasteiger partial charge < -0.3 is 24.1 Å². The number of likely N-dealkylation sites (tertiary alicyclic amines) is 1. The van der Waals surface area contributed by atoms with E-state index in [0.717, 1.165) is 66.1 Å². The number of carbonyl (C=O) groups is 1. The maximum atomic E-state index is 13.4. The molecule has 0 unspecified atom stereocenters. The SMILES string of the molecule is CN[C@@H]1CCCN(C(=O)c2cc(OC)c3c(c2)nc(-c2cc4cccnc4n2CC2CC2)n3C)C1. The predicted octanol–water partition coefficient (Wildman–Crippen LogP) is 3.83. The Morgan fingerprint density at radius 1 is 1.23 bits per heavy atom. The summed E-state index contributed by atoms with van der Waals surface area (Å²) in [7, 11) is 5.63. The van der Waals surface area contributed by atoms with Gasteiger partial charge in [-0.15, -0.1) is 0 Å². The molecule has 0 radical (unpaired) electrons. The van der Waals surface area contributed by atoms with E-state index in [-0.39, 0.29) is 5.91 Å². The van der Waals surface area contributed by atoms with Gasteiger partial charge in [0.25, 0.3) is 5.91 Å². The smallest absolute Gasteiger partial charge is 0.254 e. The van der Waals surface area contributed by atoms with Crippen LogP contribution in [0.15, 0.2) is 36.5 Å². The molecule has 1 atom stereocenters. The van der Waals surface area contributed by atoms with E-state index >= 15 is 0 Å². The van der Waals surface area contributed by atoms with E-state index in [0.29, 0.717) is 23.3 Å². The average molecular weight is 473 g/mol. The normalized spacial score (nSPS) is 18.5. The molecule has 6 rings (SSSR count). The molecule has 2 aliphatic rings. The number of nitrogens with one attached hydrogen (secondary N) is 1. The molecule has 1 saturated heterocycles. The van der Waals surface area contributed by atoms with Crippen LogP contribution in [-0.2, 0) is 13.6 Å². The van der Waals surface area contributed by atoms with E-state index in [1.54, 1.807) is 7.11 Å². The highest BCUT2D eigenvalue weighted by Crippen LogP contribution is 2.37. The molecule has 3 aromatic heterocycles. The van der Waals surface area contributed by atoms with Gasteiger partial charge in [-0.2, -0.15) is 0 Å². The highest BCUT2D eigenvalue weighted by molar-refractivity contribution is 6.00. The van der Waals surface area contributed by atoms with Crippen molar-refractivity contribution in [1.29, 1.82) is 0 Å². The van der Waals surface area contributed by atoms with Gasteiger partial charge in [-0.05, 0) is 69.0 Å². The van der Waals surface area contributed by atoms with Crippen molar-refractivity contribution in [2.24, 2.45) is 13.0 Å². The fraction of sp³-hybridized carbons (Fsp3) is 0.444. The van der Waals surface area contributed by atoms with Crippen molar-refractivity contribution >= 4 is 28.0 Å². The first kappa shape index (κ1) is 22.1. The summed E-state index contributed by atoms with van der Waals surface area (Å²) in [4.78, 5) is 25.1. The van der Waals surface area contributed by atoms with Crippen LogP contribution in [-0.4, -0.2) is 63.2 Å². The summed E-state index contributed by atoms with van der Waals surface area (Å²) in [6.45, 7) is 2.44. The number of methoxy groups -OCH3 is 1. The second-order valence-electron chi connectivity index (χ2n) is 9.92. The molecule has 0 bridgehead atoms. The first-order chi connectivity index (χ1) is 17.1.